The lowest BCUT2D eigenvalue weighted by Crippen LogP contribution is -2.31. The quantitative estimate of drug-likeness (QED) is 0.831. The molecule has 2 N–H and O–H groups in total. The van der Waals surface area contributed by atoms with Gasteiger partial charge in [0.1, 0.15) is 0 Å². The second-order valence-electron chi connectivity index (χ2n) is 5.68. The van der Waals surface area contributed by atoms with Gasteiger partial charge in [-0.1, -0.05) is 6.92 Å². The van der Waals surface area contributed by atoms with Gasteiger partial charge in [0.15, 0.2) is 0 Å². The molecule has 0 radical (unpaired) electrons. The monoisotopic (exact) mass is 276 g/mol. The topological polar surface area (TPSA) is 66.0 Å². The number of hydrogen-bond donors (Lipinski definition) is 2. The molecular formula is C14H24N6. The average Bonchev–Trinajstić information content (AvgIpc) is 3.30. The molecule has 0 spiro atoms. The Bertz CT molecular complexity index is 439. The van der Waals surface area contributed by atoms with Gasteiger partial charge in [-0.3, -0.25) is 0 Å². The number of piperidine rings is 1. The molecule has 0 aromatic carbocycles. The van der Waals surface area contributed by atoms with Crippen molar-refractivity contribution in [1.82, 2.24) is 15.0 Å². The highest BCUT2D eigenvalue weighted by molar-refractivity contribution is 5.44. The molecule has 1 saturated carbocycles. The van der Waals surface area contributed by atoms with Crippen molar-refractivity contribution in [3.05, 3.63) is 0 Å². The Morgan fingerprint density at radius 2 is 1.80 bits per heavy atom. The van der Waals surface area contributed by atoms with E-state index in [2.05, 4.69) is 37.4 Å². The van der Waals surface area contributed by atoms with Gasteiger partial charge in [-0.2, -0.15) is 15.0 Å². The van der Waals surface area contributed by atoms with E-state index in [9.17, 15) is 0 Å². The lowest BCUT2D eigenvalue weighted by Gasteiger charge is -2.27. The predicted octanol–water partition coefficient (Wildman–Crippen LogP) is 2.26. The van der Waals surface area contributed by atoms with E-state index in [1.165, 1.54) is 32.1 Å². The van der Waals surface area contributed by atoms with Crippen molar-refractivity contribution in [2.24, 2.45) is 0 Å². The first-order chi connectivity index (χ1) is 9.85. The number of hydrogen-bond acceptors (Lipinski definition) is 6. The van der Waals surface area contributed by atoms with Gasteiger partial charge >= 0.3 is 0 Å². The molecular weight excluding hydrogens is 252 g/mol. The Morgan fingerprint density at radius 3 is 2.50 bits per heavy atom. The molecule has 0 unspecified atom stereocenters. The van der Waals surface area contributed by atoms with Crippen LogP contribution in [0.3, 0.4) is 0 Å². The molecule has 0 atom stereocenters. The van der Waals surface area contributed by atoms with Crippen LogP contribution in [0.15, 0.2) is 0 Å². The van der Waals surface area contributed by atoms with Crippen molar-refractivity contribution < 1.29 is 0 Å². The van der Waals surface area contributed by atoms with Crippen LogP contribution in [0.4, 0.5) is 17.8 Å². The summed E-state index contributed by atoms with van der Waals surface area (Å²) in [5.74, 6) is 2.24. The minimum atomic E-state index is 0.561. The lowest BCUT2D eigenvalue weighted by atomic mass is 10.1. The summed E-state index contributed by atoms with van der Waals surface area (Å²) in [6.07, 6.45) is 7.29. The van der Waals surface area contributed by atoms with Crippen LogP contribution in [0.2, 0.25) is 0 Å². The molecule has 2 aliphatic rings. The SMILES string of the molecule is CCCNc1nc(NC2CC2)nc(N2CCCCC2)n1. The maximum Gasteiger partial charge on any atom is 0.231 e. The summed E-state index contributed by atoms with van der Waals surface area (Å²) in [5.41, 5.74) is 0. The van der Waals surface area contributed by atoms with E-state index < -0.39 is 0 Å². The van der Waals surface area contributed by atoms with E-state index >= 15 is 0 Å². The van der Waals surface area contributed by atoms with E-state index in [-0.39, 0.29) is 0 Å². The molecule has 1 aliphatic carbocycles. The van der Waals surface area contributed by atoms with E-state index in [1.807, 2.05) is 0 Å². The van der Waals surface area contributed by atoms with Gasteiger partial charge in [0.2, 0.25) is 17.8 Å². The van der Waals surface area contributed by atoms with Gasteiger partial charge in [0, 0.05) is 25.7 Å². The predicted molar refractivity (Wildman–Crippen MR) is 81.3 cm³/mol. The van der Waals surface area contributed by atoms with Crippen molar-refractivity contribution in [3.63, 3.8) is 0 Å². The smallest absolute Gasteiger partial charge is 0.231 e. The third-order valence-electron chi connectivity index (χ3n) is 3.71. The van der Waals surface area contributed by atoms with Crippen LogP contribution in [0.25, 0.3) is 0 Å². The Morgan fingerprint density at radius 1 is 1.05 bits per heavy atom. The summed E-state index contributed by atoms with van der Waals surface area (Å²) in [5, 5.41) is 6.66. The second-order valence-corrected chi connectivity index (χ2v) is 5.68. The van der Waals surface area contributed by atoms with Crippen LogP contribution in [-0.4, -0.2) is 40.6 Å². The number of rotatable bonds is 6. The van der Waals surface area contributed by atoms with Gasteiger partial charge in [0.25, 0.3) is 0 Å². The highest BCUT2D eigenvalue weighted by Gasteiger charge is 2.23. The third kappa shape index (κ3) is 3.49. The highest BCUT2D eigenvalue weighted by Crippen LogP contribution is 2.25. The first-order valence-electron chi connectivity index (χ1n) is 7.86. The average molecular weight is 276 g/mol. The molecule has 2 heterocycles. The fraction of sp³-hybridized carbons (Fsp3) is 0.786. The van der Waals surface area contributed by atoms with Crippen LogP contribution in [0, 0.1) is 0 Å². The normalized spacial score (nSPS) is 18.9. The second kappa shape index (κ2) is 6.24. The zero-order valence-electron chi connectivity index (χ0n) is 12.2. The van der Waals surface area contributed by atoms with E-state index in [0.717, 1.165) is 38.0 Å². The minimum absolute atomic E-state index is 0.561. The third-order valence-corrected chi connectivity index (χ3v) is 3.71. The first kappa shape index (κ1) is 13.4. The van der Waals surface area contributed by atoms with Crippen molar-refractivity contribution in [3.8, 4) is 0 Å². The minimum Gasteiger partial charge on any atom is -0.354 e. The summed E-state index contributed by atoms with van der Waals surface area (Å²) in [4.78, 5) is 15.9. The van der Waals surface area contributed by atoms with Crippen LogP contribution >= 0.6 is 0 Å². The Kier molecular flexibility index (Phi) is 4.18. The van der Waals surface area contributed by atoms with Crippen molar-refractivity contribution in [2.45, 2.75) is 51.5 Å². The molecule has 1 aromatic rings. The Hall–Kier alpha value is -1.59. The van der Waals surface area contributed by atoms with Gasteiger partial charge < -0.3 is 15.5 Å². The molecule has 0 bridgehead atoms. The van der Waals surface area contributed by atoms with Gasteiger partial charge in [0.05, 0.1) is 0 Å². The van der Waals surface area contributed by atoms with Gasteiger partial charge in [-0.15, -0.1) is 0 Å². The summed E-state index contributed by atoms with van der Waals surface area (Å²) in [6, 6.07) is 0.561. The molecule has 3 rings (SSSR count). The maximum absolute atomic E-state index is 4.60. The molecule has 2 fully saturated rings. The Labute approximate surface area is 120 Å². The molecule has 20 heavy (non-hydrogen) atoms. The molecule has 6 nitrogen and oxygen atoms in total. The van der Waals surface area contributed by atoms with Crippen LogP contribution in [-0.2, 0) is 0 Å². The fourth-order valence-corrected chi connectivity index (χ4v) is 2.39. The zero-order valence-corrected chi connectivity index (χ0v) is 12.2. The van der Waals surface area contributed by atoms with Crippen molar-refractivity contribution in [1.29, 1.82) is 0 Å². The summed E-state index contributed by atoms with van der Waals surface area (Å²) in [6.45, 7) is 5.15. The molecule has 6 heteroatoms. The van der Waals surface area contributed by atoms with Gasteiger partial charge in [-0.25, -0.2) is 0 Å². The Balaban J connectivity index is 1.78. The highest BCUT2D eigenvalue weighted by atomic mass is 15.3. The number of aromatic nitrogens is 3. The molecule has 110 valence electrons. The number of nitrogens with zero attached hydrogens (tertiary/aromatic N) is 4. The number of anilines is 3. The van der Waals surface area contributed by atoms with Crippen LogP contribution in [0.5, 0.6) is 0 Å². The van der Waals surface area contributed by atoms with Gasteiger partial charge in [-0.05, 0) is 38.5 Å². The summed E-state index contributed by atoms with van der Waals surface area (Å²) >= 11 is 0. The number of nitrogens with one attached hydrogen (secondary N) is 2. The van der Waals surface area contributed by atoms with E-state index in [0.29, 0.717) is 12.0 Å². The van der Waals surface area contributed by atoms with Crippen molar-refractivity contribution in [2.75, 3.05) is 35.2 Å². The molecule has 0 amide bonds. The van der Waals surface area contributed by atoms with Crippen LogP contribution < -0.4 is 15.5 Å². The van der Waals surface area contributed by atoms with E-state index in [1.54, 1.807) is 0 Å². The lowest BCUT2D eigenvalue weighted by molar-refractivity contribution is 0.567. The van der Waals surface area contributed by atoms with Crippen molar-refractivity contribution >= 4 is 17.8 Å². The standard InChI is InChI=1S/C14H24N6/c1-2-8-15-12-17-13(16-11-6-7-11)19-14(18-12)20-9-4-3-5-10-20/h11H,2-10H2,1H3,(H2,15,16,17,18,19). The molecule has 1 saturated heterocycles. The summed E-state index contributed by atoms with van der Waals surface area (Å²) in [7, 11) is 0. The first-order valence-corrected chi connectivity index (χ1v) is 7.86. The van der Waals surface area contributed by atoms with E-state index in [4.69, 9.17) is 0 Å². The zero-order chi connectivity index (χ0) is 13.8. The molecule has 1 aliphatic heterocycles. The summed E-state index contributed by atoms with van der Waals surface area (Å²) < 4.78 is 0. The maximum atomic E-state index is 4.60. The largest absolute Gasteiger partial charge is 0.354 e. The molecule has 1 aromatic heterocycles. The van der Waals surface area contributed by atoms with Crippen LogP contribution in [0.1, 0.15) is 45.4 Å². The fourth-order valence-electron chi connectivity index (χ4n) is 2.39.